The first kappa shape index (κ1) is 112. The molecule has 50 atom stereocenters. The number of aldehydes is 1. The molecule has 0 saturated carbocycles. The van der Waals surface area contributed by atoms with E-state index in [9.17, 15) is 156 Å². The summed E-state index contributed by atoms with van der Waals surface area (Å²) in [6, 6.07) is -6.88. The summed E-state index contributed by atoms with van der Waals surface area (Å²) in [7, 11) is 2.22. The van der Waals surface area contributed by atoms with Gasteiger partial charge in [-0.2, -0.15) is 0 Å². The summed E-state index contributed by atoms with van der Waals surface area (Å²) in [6.45, 7) is 0.985. The van der Waals surface area contributed by atoms with Crippen LogP contribution in [0.3, 0.4) is 0 Å². The van der Waals surface area contributed by atoms with Crippen LogP contribution in [0.1, 0.15) is 41.5 Å². The van der Waals surface area contributed by atoms with Crippen molar-refractivity contribution < 1.29 is 246 Å². The lowest BCUT2D eigenvalue weighted by Crippen LogP contribution is -2.71. The van der Waals surface area contributed by atoms with E-state index in [1.807, 2.05) is 0 Å². The zero-order valence-electron chi connectivity index (χ0n) is 73.3. The summed E-state index contributed by atoms with van der Waals surface area (Å²) in [5.74, 6) is -10.3. The molecule has 60 nitrogen and oxygen atoms in total. The van der Waals surface area contributed by atoms with Crippen molar-refractivity contribution in [1.29, 1.82) is 0 Å². The van der Waals surface area contributed by atoms with Crippen LogP contribution in [0.25, 0.3) is 0 Å². The van der Waals surface area contributed by atoms with Gasteiger partial charge in [0.2, 0.25) is 23.6 Å². The molecule has 0 aliphatic carbocycles. The van der Waals surface area contributed by atoms with Gasteiger partial charge in [-0.3, -0.25) is 50.5 Å². The molecule has 778 valence electrons. The van der Waals surface area contributed by atoms with Crippen molar-refractivity contribution in [1.82, 2.24) is 53.6 Å². The SMILES string of the molecule is CO[C@@H]1OC(CO)[C@@H](O)[C@H](O[C@@H]2OC(C(=O)NNC(=S)NCC3O[C@H](O[C@H]4OC(CNC(=S)NNC(=O)C5O[C@@H](O[C@@H]6C(NC(C)=O)[C@H](OC)OC(CO)[C@H]6O)C(O)[C@@H](O)[C@@H]5O[C@@H]5OC(CO)[C@@H](O)[C@H](O[C@@H]6OC(C(=O)O)[C@@H](C)[C@H](O)C6O)C5NC(C)=O)[C@@H](O)[C@H](O)C4O)C(O)[C@@H](O)[C@@H]3O)[C@@H](O[C@@H]3OC(CO)[C@@H](O)[C@H](O[C@@H]4OC(C=O)[C@@H](C)[C@H](O)C4O)C3NC(C)=O)[C@H](O)C2O)C1NC(C)=O. The lowest BCUT2D eigenvalue weighted by atomic mass is 9.90. The zero-order valence-corrected chi connectivity index (χ0v) is 74.9. The van der Waals surface area contributed by atoms with Crippen LogP contribution in [0.4, 0.5) is 0 Å². The first-order valence-corrected chi connectivity index (χ1v) is 43.3. The molecule has 62 heteroatoms. The van der Waals surface area contributed by atoms with Gasteiger partial charge in [-0.1, -0.05) is 13.8 Å². The summed E-state index contributed by atoms with van der Waals surface area (Å²) in [6.07, 6.45) is -89.4. The van der Waals surface area contributed by atoms with Crippen molar-refractivity contribution in [2.24, 2.45) is 11.8 Å². The van der Waals surface area contributed by atoms with Crippen LogP contribution in [0.5, 0.6) is 0 Å². The predicted molar refractivity (Wildman–Crippen MR) is 434 cm³/mol. The number of carbonyl (C=O) groups excluding carboxylic acids is 7. The van der Waals surface area contributed by atoms with Gasteiger partial charge in [-0.05, 0) is 24.4 Å². The molecule has 10 heterocycles. The third kappa shape index (κ3) is 25.5. The number of hydrogen-bond acceptors (Lipinski definition) is 51. The average Bonchev–Trinajstić information content (AvgIpc) is 0.769. The third-order valence-corrected chi connectivity index (χ3v) is 24.6. The van der Waals surface area contributed by atoms with Gasteiger partial charge in [-0.15, -0.1) is 0 Å². The number of thiocarbonyl (C=S) groups is 2. The number of hydrogen-bond donors (Lipinski definition) is 33. The van der Waals surface area contributed by atoms with E-state index in [-0.39, 0.29) is 6.29 Å². The second kappa shape index (κ2) is 49.1. The monoisotopic (exact) mass is 2010 g/mol. The molecule has 10 aliphatic heterocycles. The second-order valence-electron chi connectivity index (χ2n) is 33.5. The number of hydrazine groups is 2. The van der Waals surface area contributed by atoms with Gasteiger partial charge in [0.1, 0.15) is 207 Å². The maximum Gasteiger partial charge on any atom is 0.333 e. The highest BCUT2D eigenvalue weighted by atomic mass is 32.1. The topological polar surface area (TPSA) is 898 Å². The smallest absolute Gasteiger partial charge is 0.333 e. The molecule has 0 radical (unpaired) electrons. The fourth-order valence-electron chi connectivity index (χ4n) is 16.7. The number of amides is 6. The summed E-state index contributed by atoms with van der Waals surface area (Å²) < 4.78 is 110. The minimum absolute atomic E-state index is 0.284. The van der Waals surface area contributed by atoms with E-state index in [0.717, 1.165) is 41.9 Å². The van der Waals surface area contributed by atoms with Gasteiger partial charge in [0.15, 0.2) is 91.4 Å². The molecule has 20 unspecified atom stereocenters. The van der Waals surface area contributed by atoms with Crippen molar-refractivity contribution in [3.8, 4) is 0 Å². The van der Waals surface area contributed by atoms with E-state index in [0.29, 0.717) is 0 Å². The highest BCUT2D eigenvalue weighted by Crippen LogP contribution is 2.40. The van der Waals surface area contributed by atoms with Crippen molar-refractivity contribution in [3.05, 3.63) is 0 Å². The number of aliphatic hydroxyl groups is 22. The molecule has 6 amide bonds. The maximum atomic E-state index is 14.8. The van der Waals surface area contributed by atoms with Crippen LogP contribution >= 0.6 is 24.4 Å². The number of nitrogens with one attached hydrogen (secondary N) is 10. The summed E-state index contributed by atoms with van der Waals surface area (Å²) in [5.41, 5.74) is 8.75. The van der Waals surface area contributed by atoms with Crippen molar-refractivity contribution in [2.45, 2.75) is 336 Å². The van der Waals surface area contributed by atoms with Gasteiger partial charge in [0.25, 0.3) is 11.8 Å². The number of carboxylic acid groups (broad SMARTS) is 1. The molecule has 10 rings (SSSR count). The van der Waals surface area contributed by atoms with E-state index >= 15 is 0 Å². The van der Waals surface area contributed by atoms with Gasteiger partial charge < -0.3 is 244 Å². The molecule has 33 N–H and O–H groups in total. The molecule has 0 aromatic rings. The Morgan fingerprint density at radius 2 is 0.566 bits per heavy atom. The van der Waals surface area contributed by atoms with E-state index in [1.54, 1.807) is 0 Å². The third-order valence-electron chi connectivity index (χ3n) is 24.1. The standard InChI is InChI=1S/C74H120N10O50S2/c1-16-24(11-85)120-67(45(106)33(16)94)126-54-31(79-20(5)92)65(123-27(14-88)39(54)100)130-56-43(104)49(110)71(127-52-29(77-18(3)90)63(116-7)121-25(12-86)37(52)98)132-58(56)60(112)81-83-73(135)75-9-22-35(96)41(102)47(108)68(118-22)134-69-48(109)42(103)36(97)23(119-69)10-76-74(136)84-82-61(113)59-57(44(105)50(111)72(133-59)128-53-30(78-19(4)91)64(117-8)122-26(13-87)38(53)99)131-66-32(80-21(6)93)55(40(101)28(15-89)124-66)129-70-46(107)34(95)17(2)51(125-70)62(114)115/h11,16-17,22-59,63-72,86-89,94-111H,9-10,12-15H2,1-8H3,(H,77,90)(H,78,91)(H,79,92)(H,80,93)(H,81,112)(H,82,113)(H,114,115)(H2,75,83,135)(H2,76,84,136)/t16-,17+,22?,23?,24?,25?,26?,27?,28?,29?,30?,31?,32?,33+,34+,35-,36-,37-,38-,39-,40-,41+,42+,43-,44-,45?,46?,47?,48?,49?,50?,51?,52-,53-,54-,55-,56+,57+,58?,59?,63-,64-,65+,66+,67+,68-,69-,70+,71-,72-/m1/s1. The minimum atomic E-state index is -2.49. The lowest BCUT2D eigenvalue weighted by Gasteiger charge is -2.50. The van der Waals surface area contributed by atoms with E-state index in [4.69, 9.17) is 114 Å². The van der Waals surface area contributed by atoms with Crippen molar-refractivity contribution in [2.75, 3.05) is 53.7 Å². The molecule has 10 saturated heterocycles. The van der Waals surface area contributed by atoms with Gasteiger partial charge in [0, 0.05) is 66.8 Å². The lowest BCUT2D eigenvalue weighted by molar-refractivity contribution is -0.372. The number of methoxy groups -OCH3 is 2. The fraction of sp³-hybridized carbons (Fsp3) is 0.865. The molecule has 10 aliphatic rings. The quantitative estimate of drug-likeness (QED) is 0.0169. The van der Waals surface area contributed by atoms with E-state index < -0.39 is 398 Å². The van der Waals surface area contributed by atoms with Crippen LogP contribution in [-0.4, -0.2) is 524 Å². The predicted octanol–water partition coefficient (Wildman–Crippen LogP) is -21.1. The van der Waals surface area contributed by atoms with Crippen LogP contribution in [0.2, 0.25) is 0 Å². The van der Waals surface area contributed by atoms with Gasteiger partial charge in [-0.25, -0.2) is 4.79 Å². The Hall–Kier alpha value is -6.30. The Bertz CT molecular complexity index is 3950. The molecule has 0 aromatic heterocycles. The maximum absolute atomic E-state index is 14.8. The minimum Gasteiger partial charge on any atom is -0.479 e. The van der Waals surface area contributed by atoms with Gasteiger partial charge in [0.05, 0.1) is 38.6 Å². The van der Waals surface area contributed by atoms with Crippen molar-refractivity contribution in [3.63, 3.8) is 0 Å². The number of rotatable bonds is 32. The normalized spacial score (nSPS) is 45.5. The Morgan fingerprint density at radius 1 is 0.301 bits per heavy atom. The Kier molecular flexibility index (Phi) is 40.3. The molecule has 0 aromatic carbocycles. The van der Waals surface area contributed by atoms with E-state index in [2.05, 4.69) is 53.6 Å². The molecule has 136 heavy (non-hydrogen) atoms. The van der Waals surface area contributed by atoms with Crippen LogP contribution in [-0.2, 0) is 128 Å². The van der Waals surface area contributed by atoms with Crippen LogP contribution in [0.15, 0.2) is 0 Å². The number of aliphatic hydroxyl groups excluding tert-OH is 22. The highest BCUT2D eigenvalue weighted by Gasteiger charge is 2.62. The number of carboxylic acids is 1. The number of aliphatic carboxylic acids is 1. The molecule has 0 bridgehead atoms. The first-order chi connectivity index (χ1) is 64.2. The number of ether oxygens (including phenoxy) is 19. The summed E-state index contributed by atoms with van der Waals surface area (Å²) >= 11 is 10.8. The summed E-state index contributed by atoms with van der Waals surface area (Å²) in [4.78, 5) is 105. The summed E-state index contributed by atoms with van der Waals surface area (Å²) in [5, 5.41) is 270. The molecular formula is C74H120N10O50S2. The van der Waals surface area contributed by atoms with Crippen molar-refractivity contribution >= 4 is 82.4 Å². The molecular weight excluding hydrogens is 1890 g/mol. The molecule has 0 spiro atoms. The molecule has 10 fully saturated rings. The highest BCUT2D eigenvalue weighted by molar-refractivity contribution is 7.80. The Balaban J connectivity index is 0.824. The largest absolute Gasteiger partial charge is 0.479 e. The number of carbonyl (C=O) groups is 8. The zero-order chi connectivity index (χ0) is 101. The fourth-order valence-corrected chi connectivity index (χ4v) is 17.0. The van der Waals surface area contributed by atoms with Crippen LogP contribution in [0, 0.1) is 11.8 Å². The van der Waals surface area contributed by atoms with E-state index in [1.165, 1.54) is 13.8 Å². The second-order valence-corrected chi connectivity index (χ2v) is 34.3. The average molecular weight is 2010 g/mol. The van der Waals surface area contributed by atoms with Gasteiger partial charge >= 0.3 is 5.97 Å². The Labute approximate surface area is 780 Å². The van der Waals surface area contributed by atoms with Crippen LogP contribution < -0.4 is 53.6 Å². The first-order valence-electron chi connectivity index (χ1n) is 42.5. The Morgan fingerprint density at radius 3 is 0.868 bits per heavy atom.